The normalized spacial score (nSPS) is 11.7. The van der Waals surface area contributed by atoms with E-state index in [2.05, 4.69) is 13.8 Å². The van der Waals surface area contributed by atoms with E-state index < -0.39 is 23.9 Å². The first kappa shape index (κ1) is 56.4. The Balaban J connectivity index is 0.833. The van der Waals surface area contributed by atoms with Crippen molar-refractivity contribution in [2.75, 3.05) is 0 Å². The molecule has 0 spiro atoms. The molecule has 6 aromatic rings. The molecule has 0 heterocycles. The fraction of sp³-hybridized carbons (Fsp3) is 0.333. The Labute approximate surface area is 440 Å². The molecule has 0 aliphatic carbocycles. The van der Waals surface area contributed by atoms with E-state index in [4.69, 9.17) is 28.4 Å². The second-order valence-corrected chi connectivity index (χ2v) is 18.7. The molecule has 392 valence electrons. The van der Waals surface area contributed by atoms with Gasteiger partial charge in [-0.05, 0) is 172 Å². The number of carbonyl (C=O) groups is 6. The van der Waals surface area contributed by atoms with Crippen molar-refractivity contribution >= 4 is 35.8 Å². The van der Waals surface area contributed by atoms with E-state index in [0.29, 0.717) is 41.9 Å². The number of unbranched alkanes of at least 4 members (excludes halogenated alkanes) is 8. The van der Waals surface area contributed by atoms with Crippen molar-refractivity contribution in [3.05, 3.63) is 168 Å². The molecule has 0 saturated carbocycles. The first-order chi connectivity index (χ1) is 36.4. The van der Waals surface area contributed by atoms with Gasteiger partial charge in [-0.3, -0.25) is 9.59 Å². The van der Waals surface area contributed by atoms with E-state index in [1.54, 1.807) is 48.5 Å². The third-order valence-corrected chi connectivity index (χ3v) is 12.5. The fourth-order valence-corrected chi connectivity index (χ4v) is 8.10. The maximum absolute atomic E-state index is 12.9. The largest absolute Gasteiger partial charge is 0.459 e. The first-order valence-corrected chi connectivity index (χ1v) is 26.3. The summed E-state index contributed by atoms with van der Waals surface area (Å²) >= 11 is 0. The SMILES string of the molecule is CCCCCCC(C)OC(=O)c1ccc(-c2ccc(OC(=O)c3ccc(OC(=O)CCCCCC(=O)Oc4ccc(C(=O)Oc5ccc(-c6ccc(C(=O)OC(C)CCCCCC)cc6)cc5)cc4)cc3)cc2)cc1. The van der Waals surface area contributed by atoms with Gasteiger partial charge < -0.3 is 28.4 Å². The lowest BCUT2D eigenvalue weighted by Crippen LogP contribution is -2.15. The van der Waals surface area contributed by atoms with Crippen LogP contribution in [0.4, 0.5) is 0 Å². The lowest BCUT2D eigenvalue weighted by molar-refractivity contribution is -0.134. The van der Waals surface area contributed by atoms with Crippen LogP contribution in [0.15, 0.2) is 146 Å². The molecule has 0 aliphatic rings. The zero-order valence-corrected chi connectivity index (χ0v) is 43.5. The zero-order valence-electron chi connectivity index (χ0n) is 43.5. The highest BCUT2D eigenvalue weighted by Gasteiger charge is 2.17. The standard InChI is InChI=1S/C63H68O12/c1-5-7-9-12-16-44(3)70-60(66)50-24-20-46(21-25-50)48-28-36-56(37-29-48)74-62(68)52-32-40-54(41-33-52)72-58(64)18-14-11-15-19-59(65)73-55-42-34-53(35-43-55)63(69)75-57-38-30-49(31-39-57)47-22-26-51(27-23-47)61(67)71-45(4)17-13-10-8-6-2/h20-45H,5-19H2,1-4H3. The van der Waals surface area contributed by atoms with Gasteiger partial charge in [-0.2, -0.15) is 0 Å². The van der Waals surface area contributed by atoms with Crippen molar-refractivity contribution in [3.63, 3.8) is 0 Å². The van der Waals surface area contributed by atoms with Crippen LogP contribution < -0.4 is 18.9 Å². The summed E-state index contributed by atoms with van der Waals surface area (Å²) < 4.78 is 33.3. The molecule has 0 N–H and O–H groups in total. The minimum absolute atomic E-state index is 0.136. The highest BCUT2D eigenvalue weighted by atomic mass is 16.6. The Morgan fingerprint density at radius 3 is 0.920 bits per heavy atom. The van der Waals surface area contributed by atoms with Gasteiger partial charge in [0.2, 0.25) is 0 Å². The van der Waals surface area contributed by atoms with Gasteiger partial charge in [0.05, 0.1) is 34.5 Å². The molecular weight excluding hydrogens is 949 g/mol. The van der Waals surface area contributed by atoms with Crippen LogP contribution in [0.3, 0.4) is 0 Å². The van der Waals surface area contributed by atoms with Gasteiger partial charge >= 0.3 is 35.8 Å². The lowest BCUT2D eigenvalue weighted by Gasteiger charge is -2.13. The lowest BCUT2D eigenvalue weighted by atomic mass is 10.0. The van der Waals surface area contributed by atoms with Crippen molar-refractivity contribution < 1.29 is 57.2 Å². The number of esters is 6. The number of carbonyl (C=O) groups excluding carboxylic acids is 6. The molecule has 2 unspecified atom stereocenters. The molecule has 0 aromatic heterocycles. The Bertz CT molecular complexity index is 2570. The van der Waals surface area contributed by atoms with E-state index in [1.807, 2.05) is 62.4 Å². The Morgan fingerprint density at radius 1 is 0.320 bits per heavy atom. The molecule has 6 aromatic carbocycles. The summed E-state index contributed by atoms with van der Waals surface area (Å²) in [6.07, 6.45) is 12.3. The van der Waals surface area contributed by atoms with Gasteiger partial charge in [-0.25, -0.2) is 19.2 Å². The Hall–Kier alpha value is -7.86. The summed E-state index contributed by atoms with van der Waals surface area (Å²) in [6.45, 7) is 8.18. The van der Waals surface area contributed by atoms with Gasteiger partial charge in [-0.1, -0.05) is 107 Å². The number of rotatable bonds is 28. The minimum Gasteiger partial charge on any atom is -0.459 e. The summed E-state index contributed by atoms with van der Waals surface area (Å²) in [7, 11) is 0. The minimum atomic E-state index is -0.572. The van der Waals surface area contributed by atoms with Gasteiger partial charge in [-0.15, -0.1) is 0 Å². The maximum atomic E-state index is 12.9. The summed E-state index contributed by atoms with van der Waals surface area (Å²) in [5.74, 6) is -1.42. The van der Waals surface area contributed by atoms with Crippen LogP contribution in [-0.2, 0) is 19.1 Å². The van der Waals surface area contributed by atoms with Crippen LogP contribution in [0, 0.1) is 0 Å². The van der Waals surface area contributed by atoms with E-state index in [0.717, 1.165) is 73.6 Å². The van der Waals surface area contributed by atoms with Crippen LogP contribution in [0.5, 0.6) is 23.0 Å². The molecule has 0 aliphatic heterocycles. The van der Waals surface area contributed by atoms with Crippen LogP contribution in [0.25, 0.3) is 22.3 Å². The van der Waals surface area contributed by atoms with Crippen molar-refractivity contribution in [3.8, 4) is 45.3 Å². The second-order valence-electron chi connectivity index (χ2n) is 18.7. The molecule has 75 heavy (non-hydrogen) atoms. The molecule has 6 rings (SSSR count). The monoisotopic (exact) mass is 1020 g/mol. The third kappa shape index (κ3) is 18.9. The molecule has 0 bridgehead atoms. The number of hydrogen-bond acceptors (Lipinski definition) is 12. The van der Waals surface area contributed by atoms with Crippen molar-refractivity contribution in [1.82, 2.24) is 0 Å². The summed E-state index contributed by atoms with van der Waals surface area (Å²) in [5, 5.41) is 0. The summed E-state index contributed by atoms with van der Waals surface area (Å²) in [4.78, 5) is 76.1. The highest BCUT2D eigenvalue weighted by Crippen LogP contribution is 2.27. The van der Waals surface area contributed by atoms with Crippen LogP contribution in [0.1, 0.15) is 165 Å². The molecule has 0 fully saturated rings. The molecule has 12 nitrogen and oxygen atoms in total. The molecule has 0 saturated heterocycles. The fourth-order valence-electron chi connectivity index (χ4n) is 8.10. The quantitative estimate of drug-likeness (QED) is 0.0261. The average Bonchev–Trinajstić information content (AvgIpc) is 3.42. The van der Waals surface area contributed by atoms with Gasteiger partial charge in [0.1, 0.15) is 23.0 Å². The van der Waals surface area contributed by atoms with E-state index >= 15 is 0 Å². The van der Waals surface area contributed by atoms with Crippen LogP contribution in [-0.4, -0.2) is 48.0 Å². The van der Waals surface area contributed by atoms with Gasteiger partial charge in [0, 0.05) is 12.8 Å². The molecule has 12 heteroatoms. The molecule has 2 atom stereocenters. The second kappa shape index (κ2) is 29.7. The first-order valence-electron chi connectivity index (χ1n) is 26.3. The number of ether oxygens (including phenoxy) is 6. The molecule has 0 amide bonds. The van der Waals surface area contributed by atoms with Crippen LogP contribution >= 0.6 is 0 Å². The Kier molecular flexibility index (Phi) is 22.4. The average molecular weight is 1020 g/mol. The summed E-state index contributed by atoms with van der Waals surface area (Å²) in [5.41, 5.74) is 5.09. The Morgan fingerprint density at radius 2 is 0.587 bits per heavy atom. The van der Waals surface area contributed by atoms with Crippen molar-refractivity contribution in [2.24, 2.45) is 0 Å². The predicted molar refractivity (Wildman–Crippen MR) is 288 cm³/mol. The van der Waals surface area contributed by atoms with E-state index in [1.165, 1.54) is 61.4 Å². The topological polar surface area (TPSA) is 158 Å². The van der Waals surface area contributed by atoms with Gasteiger partial charge in [0.25, 0.3) is 0 Å². The van der Waals surface area contributed by atoms with Crippen LogP contribution in [0.2, 0.25) is 0 Å². The van der Waals surface area contributed by atoms with Crippen molar-refractivity contribution in [2.45, 2.75) is 136 Å². The van der Waals surface area contributed by atoms with E-state index in [-0.39, 0.29) is 59.6 Å². The number of benzene rings is 6. The van der Waals surface area contributed by atoms with E-state index in [9.17, 15) is 28.8 Å². The maximum Gasteiger partial charge on any atom is 0.343 e. The summed E-state index contributed by atoms with van der Waals surface area (Å²) in [6, 6.07) is 40.7. The van der Waals surface area contributed by atoms with Gasteiger partial charge in [0.15, 0.2) is 0 Å². The molecular formula is C63H68O12. The predicted octanol–water partition coefficient (Wildman–Crippen LogP) is 15.0. The molecule has 0 radical (unpaired) electrons. The zero-order chi connectivity index (χ0) is 53.4. The van der Waals surface area contributed by atoms with Crippen molar-refractivity contribution in [1.29, 1.82) is 0 Å². The smallest absolute Gasteiger partial charge is 0.343 e. The number of hydrogen-bond donors (Lipinski definition) is 0. The highest BCUT2D eigenvalue weighted by molar-refractivity contribution is 5.93. The third-order valence-electron chi connectivity index (χ3n) is 12.5.